The summed E-state index contributed by atoms with van der Waals surface area (Å²) >= 11 is 0. The molecule has 2 unspecified atom stereocenters. The van der Waals surface area contributed by atoms with Crippen LogP contribution >= 0.6 is 0 Å². The molecular formula is C13H22N2O4. The van der Waals surface area contributed by atoms with Crippen LogP contribution in [0.1, 0.15) is 32.6 Å². The average molecular weight is 270 g/mol. The molecule has 108 valence electrons. The maximum Gasteiger partial charge on any atom is 0.329 e. The molecule has 6 heteroatoms. The van der Waals surface area contributed by atoms with Gasteiger partial charge in [-0.2, -0.15) is 0 Å². The summed E-state index contributed by atoms with van der Waals surface area (Å²) in [6.45, 7) is 3.61. The third-order valence-electron chi connectivity index (χ3n) is 4.11. The first kappa shape index (κ1) is 14.3. The molecule has 1 heterocycles. The fraction of sp³-hybridized carbons (Fsp3) is 0.846. The average Bonchev–Trinajstić information content (AvgIpc) is 2.99. The van der Waals surface area contributed by atoms with Crippen LogP contribution in [0.4, 0.5) is 0 Å². The molecule has 0 aromatic rings. The van der Waals surface area contributed by atoms with E-state index in [1.807, 2.05) is 6.92 Å². The molecule has 0 radical (unpaired) electrons. The second kappa shape index (κ2) is 5.88. The van der Waals surface area contributed by atoms with Crippen molar-refractivity contribution in [2.45, 2.75) is 44.2 Å². The molecule has 0 aromatic heterocycles. The molecule has 2 atom stereocenters. The van der Waals surface area contributed by atoms with Crippen molar-refractivity contribution in [1.82, 2.24) is 10.6 Å². The smallest absolute Gasteiger partial charge is 0.329 e. The number of carboxylic acid groups (broad SMARTS) is 1. The highest BCUT2D eigenvalue weighted by Gasteiger charge is 2.45. The van der Waals surface area contributed by atoms with E-state index in [4.69, 9.17) is 4.74 Å². The van der Waals surface area contributed by atoms with Crippen LogP contribution in [-0.2, 0) is 14.3 Å². The largest absolute Gasteiger partial charge is 0.480 e. The molecule has 1 saturated heterocycles. The molecule has 2 fully saturated rings. The lowest BCUT2D eigenvalue weighted by Gasteiger charge is -2.28. The van der Waals surface area contributed by atoms with Gasteiger partial charge < -0.3 is 20.5 Å². The monoisotopic (exact) mass is 270 g/mol. The van der Waals surface area contributed by atoms with Crippen LogP contribution in [-0.4, -0.2) is 48.3 Å². The Labute approximate surface area is 112 Å². The number of carboxylic acids is 1. The van der Waals surface area contributed by atoms with E-state index in [0.29, 0.717) is 26.1 Å². The van der Waals surface area contributed by atoms with Crippen molar-refractivity contribution < 1.29 is 19.4 Å². The van der Waals surface area contributed by atoms with Crippen LogP contribution in [0.15, 0.2) is 0 Å². The van der Waals surface area contributed by atoms with Crippen molar-refractivity contribution in [2.75, 3.05) is 19.8 Å². The minimum absolute atomic E-state index is 0.0164. The second-order valence-electron chi connectivity index (χ2n) is 5.39. The molecule has 6 nitrogen and oxygen atoms in total. The number of aliphatic carboxylic acids is 1. The Morgan fingerprint density at radius 3 is 2.58 bits per heavy atom. The molecular weight excluding hydrogens is 248 g/mol. The predicted octanol–water partition coefficient (Wildman–Crippen LogP) is 0.125. The lowest BCUT2D eigenvalue weighted by atomic mass is 9.95. The lowest BCUT2D eigenvalue weighted by Crippen LogP contribution is -2.56. The Balaban J connectivity index is 2.01. The summed E-state index contributed by atoms with van der Waals surface area (Å²) in [6, 6.07) is -0.0164. The van der Waals surface area contributed by atoms with E-state index < -0.39 is 11.5 Å². The Morgan fingerprint density at radius 1 is 1.32 bits per heavy atom. The molecule has 2 aliphatic rings. The summed E-state index contributed by atoms with van der Waals surface area (Å²) in [7, 11) is 0. The molecule has 0 aromatic carbocycles. The van der Waals surface area contributed by atoms with Crippen LogP contribution in [0, 0.1) is 5.92 Å². The van der Waals surface area contributed by atoms with Gasteiger partial charge in [0, 0.05) is 6.04 Å². The second-order valence-corrected chi connectivity index (χ2v) is 5.39. The Kier molecular flexibility index (Phi) is 4.42. The number of carbonyl (C=O) groups excluding carboxylic acids is 1. The van der Waals surface area contributed by atoms with E-state index in [9.17, 15) is 14.7 Å². The molecule has 3 N–H and O–H groups in total. The molecule has 1 aliphatic carbocycles. The van der Waals surface area contributed by atoms with Crippen LogP contribution < -0.4 is 10.6 Å². The number of hydrogen-bond acceptors (Lipinski definition) is 4. The highest BCUT2D eigenvalue weighted by molar-refractivity contribution is 5.88. The van der Waals surface area contributed by atoms with Gasteiger partial charge in [0.2, 0.25) is 5.91 Å². The van der Waals surface area contributed by atoms with Gasteiger partial charge in [0.15, 0.2) is 0 Å². The predicted molar refractivity (Wildman–Crippen MR) is 68.8 cm³/mol. The van der Waals surface area contributed by atoms with Gasteiger partial charge in [-0.05, 0) is 19.4 Å². The molecule has 19 heavy (non-hydrogen) atoms. The van der Waals surface area contributed by atoms with Gasteiger partial charge in [0.25, 0.3) is 0 Å². The van der Waals surface area contributed by atoms with E-state index in [0.717, 1.165) is 19.4 Å². The number of ether oxygens (including phenoxy) is 1. The SMILES string of the molecule is CCNC1COCC1C(=O)NC1(C(=O)O)CCCC1. The molecule has 1 aliphatic heterocycles. The van der Waals surface area contributed by atoms with E-state index >= 15 is 0 Å². The van der Waals surface area contributed by atoms with E-state index in [-0.39, 0.29) is 17.9 Å². The summed E-state index contributed by atoms with van der Waals surface area (Å²) in [4.78, 5) is 23.7. The minimum Gasteiger partial charge on any atom is -0.480 e. The van der Waals surface area contributed by atoms with Crippen molar-refractivity contribution in [2.24, 2.45) is 5.92 Å². The Bertz CT molecular complexity index is 353. The van der Waals surface area contributed by atoms with Crippen molar-refractivity contribution in [3.63, 3.8) is 0 Å². The molecule has 0 bridgehead atoms. The first-order valence-corrected chi connectivity index (χ1v) is 6.95. The normalized spacial score (nSPS) is 29.3. The number of nitrogens with one attached hydrogen (secondary N) is 2. The molecule has 1 amide bonds. The first-order chi connectivity index (χ1) is 9.09. The number of rotatable bonds is 5. The number of hydrogen-bond donors (Lipinski definition) is 3. The third-order valence-corrected chi connectivity index (χ3v) is 4.11. The van der Waals surface area contributed by atoms with Crippen LogP contribution in [0.25, 0.3) is 0 Å². The number of carbonyl (C=O) groups is 2. The standard InChI is InChI=1S/C13H22N2O4/c1-2-14-10-8-19-7-9(10)11(16)15-13(12(17)18)5-3-4-6-13/h9-10,14H,2-8H2,1H3,(H,15,16)(H,17,18). The fourth-order valence-electron chi connectivity index (χ4n) is 2.98. The topological polar surface area (TPSA) is 87.7 Å². The maximum absolute atomic E-state index is 12.3. The highest BCUT2D eigenvalue weighted by Crippen LogP contribution is 2.30. The van der Waals surface area contributed by atoms with Crippen molar-refractivity contribution in [3.8, 4) is 0 Å². The van der Waals surface area contributed by atoms with E-state index in [2.05, 4.69) is 10.6 Å². The van der Waals surface area contributed by atoms with E-state index in [1.54, 1.807) is 0 Å². The zero-order chi connectivity index (χ0) is 13.9. The van der Waals surface area contributed by atoms with Gasteiger partial charge in [0.1, 0.15) is 5.54 Å². The summed E-state index contributed by atoms with van der Waals surface area (Å²) in [5.74, 6) is -1.42. The van der Waals surface area contributed by atoms with Gasteiger partial charge in [-0.25, -0.2) is 4.79 Å². The molecule has 1 saturated carbocycles. The zero-order valence-corrected chi connectivity index (χ0v) is 11.3. The van der Waals surface area contributed by atoms with Gasteiger partial charge in [-0.3, -0.25) is 4.79 Å². The number of likely N-dealkylation sites (N-methyl/N-ethyl adjacent to an activating group) is 1. The van der Waals surface area contributed by atoms with Crippen LogP contribution in [0.5, 0.6) is 0 Å². The van der Waals surface area contributed by atoms with Crippen molar-refractivity contribution >= 4 is 11.9 Å². The van der Waals surface area contributed by atoms with Crippen LogP contribution in [0.3, 0.4) is 0 Å². The highest BCUT2D eigenvalue weighted by atomic mass is 16.5. The summed E-state index contributed by atoms with van der Waals surface area (Å²) in [5.41, 5.74) is -1.06. The Hall–Kier alpha value is -1.14. The quantitative estimate of drug-likeness (QED) is 0.660. The van der Waals surface area contributed by atoms with Gasteiger partial charge in [-0.1, -0.05) is 19.8 Å². The van der Waals surface area contributed by atoms with Crippen molar-refractivity contribution in [3.05, 3.63) is 0 Å². The lowest BCUT2D eigenvalue weighted by molar-refractivity contribution is -0.148. The van der Waals surface area contributed by atoms with Gasteiger partial charge in [-0.15, -0.1) is 0 Å². The fourth-order valence-corrected chi connectivity index (χ4v) is 2.98. The molecule has 0 spiro atoms. The van der Waals surface area contributed by atoms with E-state index in [1.165, 1.54) is 0 Å². The molecule has 2 rings (SSSR count). The maximum atomic E-state index is 12.3. The number of amides is 1. The van der Waals surface area contributed by atoms with Gasteiger partial charge in [0.05, 0.1) is 19.1 Å². The minimum atomic E-state index is -1.06. The third kappa shape index (κ3) is 2.90. The van der Waals surface area contributed by atoms with Crippen LogP contribution in [0.2, 0.25) is 0 Å². The summed E-state index contributed by atoms with van der Waals surface area (Å²) in [6.07, 6.45) is 2.75. The Morgan fingerprint density at radius 2 is 2.00 bits per heavy atom. The van der Waals surface area contributed by atoms with Gasteiger partial charge >= 0.3 is 5.97 Å². The van der Waals surface area contributed by atoms with Crippen molar-refractivity contribution in [1.29, 1.82) is 0 Å². The first-order valence-electron chi connectivity index (χ1n) is 6.95. The zero-order valence-electron chi connectivity index (χ0n) is 11.3. The summed E-state index contributed by atoms with van der Waals surface area (Å²) in [5, 5.41) is 15.3. The summed E-state index contributed by atoms with van der Waals surface area (Å²) < 4.78 is 5.33.